The normalized spacial score (nSPS) is 16.9. The molecule has 3 N–H and O–H groups in total. The lowest BCUT2D eigenvalue weighted by molar-refractivity contribution is -0.136. The van der Waals surface area contributed by atoms with Crippen molar-refractivity contribution in [2.75, 3.05) is 11.9 Å². The molecule has 1 fully saturated rings. The highest BCUT2D eigenvalue weighted by atomic mass is 32.1. The van der Waals surface area contributed by atoms with Gasteiger partial charge in [0, 0.05) is 53.9 Å². The van der Waals surface area contributed by atoms with Crippen LogP contribution in [0.2, 0.25) is 0 Å². The van der Waals surface area contributed by atoms with Crippen LogP contribution < -0.4 is 16.0 Å². The summed E-state index contributed by atoms with van der Waals surface area (Å²) in [5, 5.41) is 9.70. The minimum atomic E-state index is -0.998. The number of thiophene rings is 1. The lowest BCUT2D eigenvalue weighted by atomic mass is 10.0. The number of aromatic nitrogens is 2. The number of imide groups is 2. The largest absolute Gasteiger partial charge is 0.384 e. The Balaban J connectivity index is 0.978. The molecule has 1 saturated heterocycles. The van der Waals surface area contributed by atoms with E-state index in [4.69, 9.17) is 0 Å². The molecule has 0 radical (unpaired) electrons. The molecule has 2 atom stereocenters. The highest BCUT2D eigenvalue weighted by Gasteiger charge is 2.45. The fourth-order valence-electron chi connectivity index (χ4n) is 5.78. The summed E-state index contributed by atoms with van der Waals surface area (Å²) in [6.07, 6.45) is 9.09. The molecule has 45 heavy (non-hydrogen) atoms. The summed E-state index contributed by atoms with van der Waals surface area (Å²) < 4.78 is 0. The quantitative estimate of drug-likeness (QED) is 0.155. The molecule has 0 bridgehead atoms. The van der Waals surface area contributed by atoms with Crippen LogP contribution in [0.4, 0.5) is 5.69 Å². The van der Waals surface area contributed by atoms with Crippen LogP contribution in [-0.4, -0.2) is 57.0 Å². The standard InChI is InChI=1S/C33H32N6O5S/c40-26(37-29(21-9-6-15-34-19-21)25-18-20-8-7-17-36-31(20)45-25)12-3-1-2-4-16-35-23-11-5-10-22-28(23)33(44)39(32(22)43)24-13-14-27(41)38-30(24)42/h5-11,15,17-19,24,29,35H,1-4,12-14,16H2,(H,37,40)(H,38,41,42). The number of amides is 5. The first-order valence-electron chi connectivity index (χ1n) is 15.0. The summed E-state index contributed by atoms with van der Waals surface area (Å²) in [5.41, 5.74) is 1.95. The van der Waals surface area contributed by atoms with Crippen molar-refractivity contribution in [2.24, 2.45) is 0 Å². The number of fused-ring (bicyclic) bond motifs is 2. The van der Waals surface area contributed by atoms with Gasteiger partial charge >= 0.3 is 0 Å². The number of rotatable bonds is 12. The van der Waals surface area contributed by atoms with E-state index >= 15 is 0 Å². The van der Waals surface area contributed by atoms with Crippen molar-refractivity contribution in [3.63, 3.8) is 0 Å². The lowest BCUT2D eigenvalue weighted by Gasteiger charge is -2.27. The third-order valence-corrected chi connectivity index (χ3v) is 9.16. The molecule has 6 rings (SSSR count). The van der Waals surface area contributed by atoms with Crippen LogP contribution in [0.1, 0.15) is 82.1 Å². The zero-order chi connectivity index (χ0) is 31.3. The molecule has 230 valence electrons. The second-order valence-electron chi connectivity index (χ2n) is 11.1. The number of piperidine rings is 1. The first-order chi connectivity index (χ1) is 21.9. The summed E-state index contributed by atoms with van der Waals surface area (Å²) in [4.78, 5) is 74.7. The van der Waals surface area contributed by atoms with Crippen LogP contribution in [0.5, 0.6) is 0 Å². The maximum absolute atomic E-state index is 13.3. The first-order valence-corrected chi connectivity index (χ1v) is 15.8. The first kappa shape index (κ1) is 30.1. The maximum atomic E-state index is 13.3. The molecule has 0 saturated carbocycles. The van der Waals surface area contributed by atoms with Crippen LogP contribution in [-0.2, 0) is 14.4 Å². The lowest BCUT2D eigenvalue weighted by Crippen LogP contribution is -2.54. The number of unbranched alkanes of at least 4 members (excludes halogenated alkanes) is 3. The van der Waals surface area contributed by atoms with Crippen molar-refractivity contribution >= 4 is 56.8 Å². The molecule has 3 aromatic heterocycles. The van der Waals surface area contributed by atoms with E-state index in [9.17, 15) is 24.0 Å². The summed E-state index contributed by atoms with van der Waals surface area (Å²) in [6.45, 7) is 0.575. The zero-order valence-electron chi connectivity index (χ0n) is 24.5. The number of carbonyl (C=O) groups is 5. The van der Waals surface area contributed by atoms with Crippen molar-refractivity contribution in [3.05, 3.63) is 88.7 Å². The van der Waals surface area contributed by atoms with Crippen LogP contribution >= 0.6 is 11.3 Å². The Morgan fingerprint density at radius 1 is 1.00 bits per heavy atom. The molecule has 5 heterocycles. The van der Waals surface area contributed by atoms with Gasteiger partial charge in [-0.3, -0.25) is 39.2 Å². The van der Waals surface area contributed by atoms with Gasteiger partial charge in [-0.2, -0.15) is 0 Å². The zero-order valence-corrected chi connectivity index (χ0v) is 25.3. The Labute approximate surface area is 263 Å². The molecule has 2 aliphatic heterocycles. The molecule has 2 unspecified atom stereocenters. The van der Waals surface area contributed by atoms with Gasteiger partial charge in [0.1, 0.15) is 10.9 Å². The minimum absolute atomic E-state index is 0.0315. The molecular weight excluding hydrogens is 592 g/mol. The summed E-state index contributed by atoms with van der Waals surface area (Å²) >= 11 is 1.56. The van der Waals surface area contributed by atoms with E-state index in [0.717, 1.165) is 51.2 Å². The highest BCUT2D eigenvalue weighted by molar-refractivity contribution is 7.18. The molecule has 1 aromatic carbocycles. The van der Waals surface area contributed by atoms with Crippen molar-refractivity contribution in [2.45, 2.75) is 57.0 Å². The SMILES string of the molecule is O=C1CCC(N2C(=O)c3cccc(NCCCCCCC(=O)NC(c4cccnc4)c4cc5cccnc5s4)c3C2=O)C(=O)N1. The van der Waals surface area contributed by atoms with Gasteiger partial charge in [-0.1, -0.05) is 31.0 Å². The molecule has 0 spiro atoms. The van der Waals surface area contributed by atoms with E-state index in [1.807, 2.05) is 24.3 Å². The van der Waals surface area contributed by atoms with E-state index in [0.29, 0.717) is 18.7 Å². The monoisotopic (exact) mass is 624 g/mol. The van der Waals surface area contributed by atoms with Gasteiger partial charge in [0.2, 0.25) is 17.7 Å². The van der Waals surface area contributed by atoms with Crippen LogP contribution in [0.15, 0.2) is 67.1 Å². The van der Waals surface area contributed by atoms with Gasteiger partial charge in [-0.25, -0.2) is 4.98 Å². The number of hydrogen-bond acceptors (Lipinski definition) is 9. The number of pyridine rings is 2. The van der Waals surface area contributed by atoms with Crippen molar-refractivity contribution in [1.29, 1.82) is 0 Å². The number of nitrogens with one attached hydrogen (secondary N) is 3. The average molecular weight is 625 g/mol. The topological polar surface area (TPSA) is 150 Å². The molecule has 12 heteroatoms. The van der Waals surface area contributed by atoms with Crippen LogP contribution in [0.3, 0.4) is 0 Å². The number of hydrogen-bond donors (Lipinski definition) is 3. The predicted octanol–water partition coefficient (Wildman–Crippen LogP) is 4.36. The number of nitrogens with zero attached hydrogens (tertiary/aromatic N) is 3. The fourth-order valence-corrected chi connectivity index (χ4v) is 6.86. The third kappa shape index (κ3) is 6.46. The van der Waals surface area contributed by atoms with Gasteiger partial charge < -0.3 is 10.6 Å². The Bertz CT molecular complexity index is 1740. The van der Waals surface area contributed by atoms with E-state index in [1.54, 1.807) is 48.1 Å². The van der Waals surface area contributed by atoms with E-state index in [2.05, 4.69) is 32.0 Å². The van der Waals surface area contributed by atoms with Gasteiger partial charge in [0.05, 0.1) is 17.2 Å². The van der Waals surface area contributed by atoms with Crippen molar-refractivity contribution in [1.82, 2.24) is 25.5 Å². The Morgan fingerprint density at radius 3 is 2.64 bits per heavy atom. The van der Waals surface area contributed by atoms with E-state index in [-0.39, 0.29) is 35.9 Å². The molecule has 4 aromatic rings. The maximum Gasteiger partial charge on any atom is 0.264 e. The Hall–Kier alpha value is -4.97. The third-order valence-electron chi connectivity index (χ3n) is 8.03. The summed E-state index contributed by atoms with van der Waals surface area (Å²) in [7, 11) is 0. The smallest absolute Gasteiger partial charge is 0.264 e. The Morgan fingerprint density at radius 2 is 1.84 bits per heavy atom. The predicted molar refractivity (Wildman–Crippen MR) is 169 cm³/mol. The average Bonchev–Trinajstić information content (AvgIpc) is 3.58. The van der Waals surface area contributed by atoms with Crippen molar-refractivity contribution in [3.8, 4) is 0 Å². The van der Waals surface area contributed by atoms with E-state index in [1.165, 1.54) is 0 Å². The number of carbonyl (C=O) groups excluding carboxylic acids is 5. The molecular formula is C33H32N6O5S. The van der Waals surface area contributed by atoms with Crippen molar-refractivity contribution < 1.29 is 24.0 Å². The van der Waals surface area contributed by atoms with Gasteiger partial charge in [-0.15, -0.1) is 11.3 Å². The molecule has 11 nitrogen and oxygen atoms in total. The van der Waals surface area contributed by atoms with Crippen LogP contribution in [0, 0.1) is 0 Å². The van der Waals surface area contributed by atoms with Gasteiger partial charge in [-0.05, 0) is 55.2 Å². The minimum Gasteiger partial charge on any atom is -0.384 e. The van der Waals surface area contributed by atoms with E-state index < -0.39 is 29.7 Å². The second kappa shape index (κ2) is 13.3. The molecule has 0 aliphatic carbocycles. The molecule has 2 aliphatic rings. The highest BCUT2D eigenvalue weighted by Crippen LogP contribution is 2.33. The second-order valence-corrected chi connectivity index (χ2v) is 12.2. The van der Waals surface area contributed by atoms with Crippen LogP contribution in [0.25, 0.3) is 10.2 Å². The van der Waals surface area contributed by atoms with Gasteiger partial charge in [0.15, 0.2) is 0 Å². The fraction of sp³-hybridized carbons (Fsp3) is 0.303. The van der Waals surface area contributed by atoms with Gasteiger partial charge in [0.25, 0.3) is 11.8 Å². The summed E-state index contributed by atoms with van der Waals surface area (Å²) in [6, 6.07) is 13.5. The number of anilines is 1. The summed E-state index contributed by atoms with van der Waals surface area (Å²) in [5.74, 6) is -2.13. The molecule has 5 amide bonds. The number of benzene rings is 1. The Kier molecular flexibility index (Phi) is 8.92.